The minimum absolute atomic E-state index is 0.998. The van der Waals surface area contributed by atoms with Gasteiger partial charge in [-0.05, 0) is 54.7 Å². The van der Waals surface area contributed by atoms with Crippen LogP contribution in [0, 0.1) is 13.8 Å². The van der Waals surface area contributed by atoms with Gasteiger partial charge in [0.15, 0.2) is 0 Å². The summed E-state index contributed by atoms with van der Waals surface area (Å²) in [5, 5.41) is 2.65. The fourth-order valence-electron chi connectivity index (χ4n) is 2.49. The third kappa shape index (κ3) is 2.88. The lowest BCUT2D eigenvalue weighted by atomic mass is 10.0. The molecule has 0 aliphatic carbocycles. The van der Waals surface area contributed by atoms with Gasteiger partial charge < -0.3 is 0 Å². The van der Waals surface area contributed by atoms with E-state index in [0.717, 1.165) is 12.8 Å². The van der Waals surface area contributed by atoms with Gasteiger partial charge in [-0.25, -0.2) is 0 Å². The standard InChI is InChI=1S/C19H19N/c1-14-3-7-18-12-16(5-8-17(18)11-14)6-10-19-9-4-15(2)13-20-19/h3-5,7-9,11-13H,6,10H2,1-2H3. The highest BCUT2D eigenvalue weighted by Gasteiger charge is 2.00. The monoisotopic (exact) mass is 261 g/mol. The SMILES string of the molecule is Cc1ccc(CCc2ccc3cc(C)ccc3c2)nc1. The van der Waals surface area contributed by atoms with Crippen LogP contribution < -0.4 is 0 Å². The zero-order valence-corrected chi connectivity index (χ0v) is 12.1. The van der Waals surface area contributed by atoms with E-state index in [-0.39, 0.29) is 0 Å². The first-order valence-electron chi connectivity index (χ1n) is 7.11. The van der Waals surface area contributed by atoms with Crippen molar-refractivity contribution in [3.63, 3.8) is 0 Å². The lowest BCUT2D eigenvalue weighted by Crippen LogP contribution is -1.94. The molecule has 1 aromatic heterocycles. The number of fused-ring (bicyclic) bond motifs is 1. The summed E-state index contributed by atoms with van der Waals surface area (Å²) >= 11 is 0. The summed E-state index contributed by atoms with van der Waals surface area (Å²) in [6, 6.07) is 17.6. The number of hydrogen-bond acceptors (Lipinski definition) is 1. The van der Waals surface area contributed by atoms with Crippen molar-refractivity contribution in [2.75, 3.05) is 0 Å². The molecule has 0 saturated carbocycles. The first kappa shape index (κ1) is 12.9. The van der Waals surface area contributed by atoms with Crippen molar-refractivity contribution in [2.24, 2.45) is 0 Å². The fourth-order valence-corrected chi connectivity index (χ4v) is 2.49. The molecule has 0 bridgehead atoms. The summed E-state index contributed by atoms with van der Waals surface area (Å²) in [6.07, 6.45) is 3.98. The Balaban J connectivity index is 1.77. The highest BCUT2D eigenvalue weighted by Crippen LogP contribution is 2.18. The van der Waals surface area contributed by atoms with E-state index in [1.807, 2.05) is 6.20 Å². The van der Waals surface area contributed by atoms with Gasteiger partial charge in [0, 0.05) is 11.9 Å². The normalized spacial score (nSPS) is 10.9. The number of aromatic nitrogens is 1. The second-order valence-corrected chi connectivity index (χ2v) is 5.51. The second kappa shape index (κ2) is 5.46. The van der Waals surface area contributed by atoms with Gasteiger partial charge in [-0.3, -0.25) is 4.98 Å². The van der Waals surface area contributed by atoms with Gasteiger partial charge in [-0.1, -0.05) is 48.0 Å². The molecule has 0 spiro atoms. The molecule has 0 aliphatic rings. The first-order valence-corrected chi connectivity index (χ1v) is 7.11. The highest BCUT2D eigenvalue weighted by atomic mass is 14.7. The van der Waals surface area contributed by atoms with Gasteiger partial charge in [0.05, 0.1) is 0 Å². The van der Waals surface area contributed by atoms with Gasteiger partial charge in [0.1, 0.15) is 0 Å². The summed E-state index contributed by atoms with van der Waals surface area (Å²) in [7, 11) is 0. The van der Waals surface area contributed by atoms with Crippen molar-refractivity contribution in [1.29, 1.82) is 0 Å². The third-order valence-electron chi connectivity index (χ3n) is 3.70. The molecule has 2 aromatic carbocycles. The van der Waals surface area contributed by atoms with Crippen LogP contribution in [-0.2, 0) is 12.8 Å². The summed E-state index contributed by atoms with van der Waals surface area (Å²) < 4.78 is 0. The number of pyridine rings is 1. The molecule has 3 aromatic rings. The van der Waals surface area contributed by atoms with E-state index in [1.165, 1.54) is 33.2 Å². The molecule has 100 valence electrons. The number of benzene rings is 2. The summed E-state index contributed by atoms with van der Waals surface area (Å²) in [4.78, 5) is 4.47. The van der Waals surface area contributed by atoms with E-state index in [2.05, 4.69) is 67.4 Å². The molecule has 0 atom stereocenters. The Hall–Kier alpha value is -2.15. The Labute approximate surface area is 120 Å². The first-order chi connectivity index (χ1) is 9.70. The minimum atomic E-state index is 0.998. The van der Waals surface area contributed by atoms with Crippen molar-refractivity contribution >= 4 is 10.8 Å². The van der Waals surface area contributed by atoms with Gasteiger partial charge in [-0.15, -0.1) is 0 Å². The van der Waals surface area contributed by atoms with E-state index in [1.54, 1.807) is 0 Å². The molecule has 1 heteroatoms. The predicted molar refractivity (Wildman–Crippen MR) is 85.1 cm³/mol. The number of rotatable bonds is 3. The van der Waals surface area contributed by atoms with Crippen LogP contribution in [0.1, 0.15) is 22.4 Å². The van der Waals surface area contributed by atoms with E-state index in [9.17, 15) is 0 Å². The minimum Gasteiger partial charge on any atom is -0.261 e. The van der Waals surface area contributed by atoms with Gasteiger partial charge in [0.2, 0.25) is 0 Å². The van der Waals surface area contributed by atoms with Crippen LogP contribution in [-0.4, -0.2) is 4.98 Å². The second-order valence-electron chi connectivity index (χ2n) is 5.51. The van der Waals surface area contributed by atoms with Gasteiger partial charge in [-0.2, -0.15) is 0 Å². The third-order valence-corrected chi connectivity index (χ3v) is 3.70. The lowest BCUT2D eigenvalue weighted by Gasteiger charge is -2.05. The van der Waals surface area contributed by atoms with Crippen LogP contribution in [0.15, 0.2) is 54.7 Å². The van der Waals surface area contributed by atoms with Crippen LogP contribution in [0.2, 0.25) is 0 Å². The molecule has 0 unspecified atom stereocenters. The van der Waals surface area contributed by atoms with Crippen molar-refractivity contribution in [1.82, 2.24) is 4.98 Å². The molecule has 0 aliphatic heterocycles. The molecule has 0 fully saturated rings. The van der Waals surface area contributed by atoms with Crippen LogP contribution >= 0.6 is 0 Å². The Morgan fingerprint density at radius 2 is 1.50 bits per heavy atom. The fraction of sp³-hybridized carbons (Fsp3) is 0.211. The van der Waals surface area contributed by atoms with Crippen LogP contribution in [0.5, 0.6) is 0 Å². The highest BCUT2D eigenvalue weighted by molar-refractivity contribution is 5.83. The molecular weight excluding hydrogens is 242 g/mol. The number of nitrogens with zero attached hydrogens (tertiary/aromatic N) is 1. The maximum absolute atomic E-state index is 4.47. The molecule has 0 saturated heterocycles. The topological polar surface area (TPSA) is 12.9 Å². The maximum Gasteiger partial charge on any atom is 0.0407 e. The average Bonchev–Trinajstić information content (AvgIpc) is 2.46. The van der Waals surface area contributed by atoms with Crippen LogP contribution in [0.3, 0.4) is 0 Å². The molecule has 1 heterocycles. The summed E-state index contributed by atoms with van der Waals surface area (Å²) in [5.74, 6) is 0. The Bertz CT molecular complexity index is 726. The van der Waals surface area contributed by atoms with E-state index >= 15 is 0 Å². The van der Waals surface area contributed by atoms with Crippen molar-refractivity contribution in [3.05, 3.63) is 77.1 Å². The Kier molecular flexibility index (Phi) is 3.51. The molecule has 1 nitrogen and oxygen atoms in total. The molecule has 0 amide bonds. The van der Waals surface area contributed by atoms with Crippen molar-refractivity contribution in [3.8, 4) is 0 Å². The zero-order chi connectivity index (χ0) is 13.9. The average molecular weight is 261 g/mol. The summed E-state index contributed by atoms with van der Waals surface area (Å²) in [6.45, 7) is 4.21. The zero-order valence-electron chi connectivity index (χ0n) is 12.1. The quantitative estimate of drug-likeness (QED) is 0.669. The largest absolute Gasteiger partial charge is 0.261 e. The summed E-state index contributed by atoms with van der Waals surface area (Å²) in [5.41, 5.74) is 5.08. The molecule has 20 heavy (non-hydrogen) atoms. The maximum atomic E-state index is 4.47. The van der Waals surface area contributed by atoms with E-state index < -0.39 is 0 Å². The smallest absolute Gasteiger partial charge is 0.0407 e. The lowest BCUT2D eigenvalue weighted by molar-refractivity contribution is 0.912. The molecule has 0 N–H and O–H groups in total. The van der Waals surface area contributed by atoms with Crippen LogP contribution in [0.4, 0.5) is 0 Å². The van der Waals surface area contributed by atoms with Gasteiger partial charge >= 0.3 is 0 Å². The van der Waals surface area contributed by atoms with Crippen LogP contribution in [0.25, 0.3) is 10.8 Å². The van der Waals surface area contributed by atoms with Crippen molar-refractivity contribution in [2.45, 2.75) is 26.7 Å². The molecular formula is C19H19N. The number of aryl methyl sites for hydroxylation is 4. The van der Waals surface area contributed by atoms with E-state index in [0.29, 0.717) is 0 Å². The van der Waals surface area contributed by atoms with Crippen molar-refractivity contribution < 1.29 is 0 Å². The van der Waals surface area contributed by atoms with Gasteiger partial charge in [0.25, 0.3) is 0 Å². The Morgan fingerprint density at radius 1 is 0.750 bits per heavy atom. The predicted octanol–water partition coefficient (Wildman–Crippen LogP) is 4.64. The Morgan fingerprint density at radius 3 is 2.30 bits per heavy atom. The molecule has 0 radical (unpaired) electrons. The molecule has 3 rings (SSSR count). The number of hydrogen-bond donors (Lipinski definition) is 0. The van der Waals surface area contributed by atoms with E-state index in [4.69, 9.17) is 0 Å².